The van der Waals surface area contributed by atoms with E-state index in [1.165, 1.54) is 0 Å². The SMILES string of the molecule is CCCCOCCNC(=O)C1(C)CCCC1N. The lowest BCUT2D eigenvalue weighted by molar-refractivity contribution is -0.130. The van der Waals surface area contributed by atoms with Gasteiger partial charge in [-0.1, -0.05) is 19.8 Å². The molecule has 0 bridgehead atoms. The lowest BCUT2D eigenvalue weighted by atomic mass is 9.84. The van der Waals surface area contributed by atoms with Crippen LogP contribution in [0.3, 0.4) is 0 Å². The van der Waals surface area contributed by atoms with E-state index in [4.69, 9.17) is 10.5 Å². The molecule has 3 N–H and O–H groups in total. The van der Waals surface area contributed by atoms with Crippen molar-refractivity contribution in [3.05, 3.63) is 0 Å². The molecule has 1 fully saturated rings. The van der Waals surface area contributed by atoms with Gasteiger partial charge in [0.05, 0.1) is 12.0 Å². The van der Waals surface area contributed by atoms with Gasteiger partial charge in [0.25, 0.3) is 0 Å². The first-order valence-electron chi connectivity index (χ1n) is 6.73. The first-order valence-corrected chi connectivity index (χ1v) is 6.73. The van der Waals surface area contributed by atoms with Crippen LogP contribution < -0.4 is 11.1 Å². The fourth-order valence-electron chi connectivity index (χ4n) is 2.26. The van der Waals surface area contributed by atoms with Gasteiger partial charge < -0.3 is 15.8 Å². The summed E-state index contributed by atoms with van der Waals surface area (Å²) in [6, 6.07) is 0.00325. The molecule has 4 heteroatoms. The van der Waals surface area contributed by atoms with Crippen LogP contribution in [-0.2, 0) is 9.53 Å². The Hall–Kier alpha value is -0.610. The van der Waals surface area contributed by atoms with Crippen molar-refractivity contribution in [3.8, 4) is 0 Å². The highest BCUT2D eigenvalue weighted by Gasteiger charge is 2.42. The second-order valence-electron chi connectivity index (χ2n) is 5.14. The van der Waals surface area contributed by atoms with Crippen LogP contribution in [-0.4, -0.2) is 31.7 Å². The predicted octanol–water partition coefficient (Wildman–Crippen LogP) is 1.44. The molecule has 0 spiro atoms. The van der Waals surface area contributed by atoms with Crippen molar-refractivity contribution >= 4 is 5.91 Å². The summed E-state index contributed by atoms with van der Waals surface area (Å²) >= 11 is 0. The van der Waals surface area contributed by atoms with E-state index in [9.17, 15) is 4.79 Å². The highest BCUT2D eigenvalue weighted by molar-refractivity contribution is 5.83. The summed E-state index contributed by atoms with van der Waals surface area (Å²) < 4.78 is 5.40. The zero-order chi connectivity index (χ0) is 12.7. The zero-order valence-corrected chi connectivity index (χ0v) is 11.1. The number of unbranched alkanes of at least 4 members (excludes halogenated alkanes) is 1. The number of carbonyl (C=O) groups excluding carboxylic acids is 1. The minimum absolute atomic E-state index is 0.00325. The smallest absolute Gasteiger partial charge is 0.227 e. The van der Waals surface area contributed by atoms with Crippen molar-refractivity contribution in [2.24, 2.45) is 11.1 Å². The molecule has 0 radical (unpaired) electrons. The largest absolute Gasteiger partial charge is 0.380 e. The van der Waals surface area contributed by atoms with Crippen molar-refractivity contribution in [3.63, 3.8) is 0 Å². The highest BCUT2D eigenvalue weighted by atomic mass is 16.5. The van der Waals surface area contributed by atoms with Gasteiger partial charge in [0.2, 0.25) is 5.91 Å². The molecule has 100 valence electrons. The van der Waals surface area contributed by atoms with E-state index < -0.39 is 0 Å². The van der Waals surface area contributed by atoms with Gasteiger partial charge in [0.15, 0.2) is 0 Å². The van der Waals surface area contributed by atoms with Gasteiger partial charge in [-0.05, 0) is 26.2 Å². The minimum atomic E-state index is -0.372. The van der Waals surface area contributed by atoms with Crippen LogP contribution in [0.4, 0.5) is 0 Å². The molecule has 0 aromatic carbocycles. The lowest BCUT2D eigenvalue weighted by Crippen LogP contribution is -2.48. The Morgan fingerprint density at radius 1 is 1.53 bits per heavy atom. The van der Waals surface area contributed by atoms with Crippen molar-refractivity contribution in [1.29, 1.82) is 0 Å². The fourth-order valence-corrected chi connectivity index (χ4v) is 2.26. The Morgan fingerprint density at radius 3 is 2.88 bits per heavy atom. The first-order chi connectivity index (χ1) is 8.11. The third-order valence-electron chi connectivity index (χ3n) is 3.72. The number of ether oxygens (including phenoxy) is 1. The van der Waals surface area contributed by atoms with Crippen LogP contribution in [0, 0.1) is 5.41 Å². The quantitative estimate of drug-likeness (QED) is 0.664. The number of rotatable bonds is 7. The van der Waals surface area contributed by atoms with E-state index >= 15 is 0 Å². The Morgan fingerprint density at radius 2 is 2.29 bits per heavy atom. The van der Waals surface area contributed by atoms with Gasteiger partial charge in [0, 0.05) is 19.2 Å². The van der Waals surface area contributed by atoms with Crippen molar-refractivity contribution in [1.82, 2.24) is 5.32 Å². The molecular weight excluding hydrogens is 216 g/mol. The maximum atomic E-state index is 12.0. The molecule has 0 saturated heterocycles. The Balaban J connectivity index is 2.16. The molecule has 17 heavy (non-hydrogen) atoms. The molecule has 1 aliphatic carbocycles. The monoisotopic (exact) mass is 242 g/mol. The first kappa shape index (κ1) is 14.5. The van der Waals surface area contributed by atoms with Gasteiger partial charge in [-0.25, -0.2) is 0 Å². The molecule has 1 amide bonds. The summed E-state index contributed by atoms with van der Waals surface area (Å²) in [5.74, 6) is 0.0848. The number of nitrogens with two attached hydrogens (primary N) is 1. The average Bonchev–Trinajstić information content (AvgIpc) is 2.65. The second kappa shape index (κ2) is 6.97. The zero-order valence-electron chi connectivity index (χ0n) is 11.1. The molecule has 2 atom stereocenters. The van der Waals surface area contributed by atoms with Crippen molar-refractivity contribution < 1.29 is 9.53 Å². The predicted molar refractivity (Wildman–Crippen MR) is 68.7 cm³/mol. The molecule has 2 unspecified atom stereocenters. The third kappa shape index (κ3) is 3.96. The maximum absolute atomic E-state index is 12.0. The highest BCUT2D eigenvalue weighted by Crippen LogP contribution is 2.36. The molecule has 4 nitrogen and oxygen atoms in total. The molecule has 0 aromatic rings. The van der Waals surface area contributed by atoms with Gasteiger partial charge >= 0.3 is 0 Å². The summed E-state index contributed by atoms with van der Waals surface area (Å²) in [5, 5.41) is 2.93. The average molecular weight is 242 g/mol. The minimum Gasteiger partial charge on any atom is -0.380 e. The Labute approximate surface area is 104 Å². The van der Waals surface area contributed by atoms with Crippen LogP contribution in [0.5, 0.6) is 0 Å². The normalized spacial score (nSPS) is 28.3. The van der Waals surface area contributed by atoms with Crippen LogP contribution >= 0.6 is 0 Å². The lowest BCUT2D eigenvalue weighted by Gasteiger charge is -2.27. The van der Waals surface area contributed by atoms with Crippen molar-refractivity contribution in [2.75, 3.05) is 19.8 Å². The van der Waals surface area contributed by atoms with Gasteiger partial charge in [-0.2, -0.15) is 0 Å². The van der Waals surface area contributed by atoms with Gasteiger partial charge in [-0.3, -0.25) is 4.79 Å². The number of hydrogen-bond acceptors (Lipinski definition) is 3. The van der Waals surface area contributed by atoms with E-state index in [1.807, 2.05) is 6.92 Å². The van der Waals surface area contributed by atoms with Crippen LogP contribution in [0.25, 0.3) is 0 Å². The summed E-state index contributed by atoms with van der Waals surface area (Å²) in [5.41, 5.74) is 5.62. The van der Waals surface area contributed by atoms with Crippen LogP contribution in [0.2, 0.25) is 0 Å². The summed E-state index contributed by atoms with van der Waals surface area (Å²) in [6.07, 6.45) is 5.13. The Bertz CT molecular complexity index is 246. The number of nitrogens with one attached hydrogen (secondary N) is 1. The van der Waals surface area contributed by atoms with Gasteiger partial charge in [-0.15, -0.1) is 0 Å². The van der Waals surface area contributed by atoms with E-state index in [0.717, 1.165) is 38.7 Å². The number of hydrogen-bond donors (Lipinski definition) is 2. The summed E-state index contributed by atoms with van der Waals surface area (Å²) in [4.78, 5) is 12.0. The van der Waals surface area contributed by atoms with Crippen LogP contribution in [0.1, 0.15) is 46.0 Å². The van der Waals surface area contributed by atoms with E-state index in [2.05, 4.69) is 12.2 Å². The Kier molecular flexibility index (Phi) is 5.92. The molecule has 1 aliphatic rings. The molecule has 0 aromatic heterocycles. The third-order valence-corrected chi connectivity index (χ3v) is 3.72. The maximum Gasteiger partial charge on any atom is 0.227 e. The fraction of sp³-hybridized carbons (Fsp3) is 0.923. The number of carbonyl (C=O) groups is 1. The standard InChI is InChI=1S/C13H26N2O2/c1-3-4-9-17-10-8-15-12(16)13(2)7-5-6-11(13)14/h11H,3-10,14H2,1-2H3,(H,15,16). The van der Waals surface area contributed by atoms with E-state index in [-0.39, 0.29) is 17.4 Å². The molecule has 1 saturated carbocycles. The van der Waals surface area contributed by atoms with Crippen molar-refractivity contribution in [2.45, 2.75) is 52.0 Å². The second-order valence-corrected chi connectivity index (χ2v) is 5.14. The topological polar surface area (TPSA) is 64.3 Å². The molecule has 0 aliphatic heterocycles. The molecule has 0 heterocycles. The van der Waals surface area contributed by atoms with Gasteiger partial charge in [0.1, 0.15) is 0 Å². The molecular formula is C13H26N2O2. The summed E-state index contributed by atoms with van der Waals surface area (Å²) in [7, 11) is 0. The molecule has 1 rings (SSSR count). The number of amides is 1. The van der Waals surface area contributed by atoms with E-state index in [0.29, 0.717) is 13.2 Å². The van der Waals surface area contributed by atoms with Crippen LogP contribution in [0.15, 0.2) is 0 Å². The summed E-state index contributed by atoms with van der Waals surface area (Å²) in [6.45, 7) is 6.07. The van der Waals surface area contributed by atoms with E-state index in [1.54, 1.807) is 0 Å².